The number of ether oxygens (including phenoxy) is 1. The van der Waals surface area contributed by atoms with Crippen LogP contribution < -0.4 is 10.1 Å². The molecule has 2 rings (SSSR count). The first-order valence-electron chi connectivity index (χ1n) is 6.51. The summed E-state index contributed by atoms with van der Waals surface area (Å²) in [4.78, 5) is 2.44. The average Bonchev–Trinajstić information content (AvgIpc) is 2.41. The van der Waals surface area contributed by atoms with Crippen molar-refractivity contribution >= 4 is 0 Å². The number of methoxy groups -OCH3 is 1. The molecule has 0 saturated carbocycles. The topological polar surface area (TPSA) is 44.7 Å². The van der Waals surface area contributed by atoms with E-state index < -0.39 is 0 Å². The molecule has 4 heteroatoms. The van der Waals surface area contributed by atoms with Crippen molar-refractivity contribution in [3.8, 4) is 11.5 Å². The highest BCUT2D eigenvalue weighted by atomic mass is 16.5. The molecule has 0 unspecified atom stereocenters. The second-order valence-electron chi connectivity index (χ2n) is 4.76. The summed E-state index contributed by atoms with van der Waals surface area (Å²) in [5.74, 6) is 0.864. The van der Waals surface area contributed by atoms with Gasteiger partial charge in [-0.25, -0.2) is 0 Å². The van der Waals surface area contributed by atoms with E-state index in [0.29, 0.717) is 5.75 Å². The van der Waals surface area contributed by atoms with Gasteiger partial charge in [0.2, 0.25) is 0 Å². The molecule has 1 aromatic carbocycles. The van der Waals surface area contributed by atoms with E-state index in [1.807, 2.05) is 6.07 Å². The van der Waals surface area contributed by atoms with Gasteiger partial charge in [-0.15, -0.1) is 0 Å². The zero-order valence-electron chi connectivity index (χ0n) is 11.2. The first-order chi connectivity index (χ1) is 8.72. The third-order valence-corrected chi connectivity index (χ3v) is 3.57. The van der Waals surface area contributed by atoms with Crippen LogP contribution in [0.15, 0.2) is 12.1 Å². The number of piperazine rings is 1. The van der Waals surface area contributed by atoms with Crippen molar-refractivity contribution in [2.24, 2.45) is 0 Å². The van der Waals surface area contributed by atoms with Crippen LogP contribution in [0.25, 0.3) is 0 Å². The predicted octanol–water partition coefficient (Wildman–Crippen LogP) is 1.16. The van der Waals surface area contributed by atoms with E-state index in [9.17, 15) is 5.11 Å². The molecule has 1 aliphatic rings. The molecule has 0 spiro atoms. The fourth-order valence-electron chi connectivity index (χ4n) is 2.46. The van der Waals surface area contributed by atoms with Gasteiger partial charge >= 0.3 is 0 Å². The molecule has 4 nitrogen and oxygen atoms in total. The lowest BCUT2D eigenvalue weighted by Gasteiger charge is -2.27. The van der Waals surface area contributed by atoms with Crippen LogP contribution in [0.4, 0.5) is 0 Å². The van der Waals surface area contributed by atoms with Gasteiger partial charge in [-0.2, -0.15) is 0 Å². The number of phenolic OH excluding ortho intramolecular Hbond substituents is 1. The minimum Gasteiger partial charge on any atom is -0.504 e. The highest BCUT2D eigenvalue weighted by Gasteiger charge is 2.14. The molecule has 100 valence electrons. The molecule has 0 atom stereocenters. The Balaban J connectivity index is 2.05. The number of aromatic hydroxyl groups is 1. The lowest BCUT2D eigenvalue weighted by atomic mass is 10.0. The highest BCUT2D eigenvalue weighted by Crippen LogP contribution is 2.32. The maximum absolute atomic E-state index is 9.80. The van der Waals surface area contributed by atoms with Gasteiger partial charge in [0.1, 0.15) is 0 Å². The minimum atomic E-state index is 0.235. The molecule has 1 saturated heterocycles. The van der Waals surface area contributed by atoms with Crippen molar-refractivity contribution in [2.75, 3.05) is 39.8 Å². The normalized spacial score (nSPS) is 16.8. The standard InChI is InChI=1S/C14H22N2O2/c1-11-3-4-13(17)14(18-2)12(11)5-8-16-9-6-15-7-10-16/h3-4,15,17H,5-10H2,1-2H3. The average molecular weight is 250 g/mol. The fourth-order valence-corrected chi connectivity index (χ4v) is 2.46. The molecule has 1 fully saturated rings. The Morgan fingerprint density at radius 3 is 2.72 bits per heavy atom. The Kier molecular flexibility index (Phi) is 4.44. The van der Waals surface area contributed by atoms with Gasteiger partial charge in [-0.05, 0) is 25.0 Å². The van der Waals surface area contributed by atoms with Crippen molar-refractivity contribution in [2.45, 2.75) is 13.3 Å². The number of rotatable bonds is 4. The van der Waals surface area contributed by atoms with Gasteiger partial charge in [0.25, 0.3) is 0 Å². The Bertz CT molecular complexity index is 401. The maximum Gasteiger partial charge on any atom is 0.163 e. The summed E-state index contributed by atoms with van der Waals surface area (Å²) >= 11 is 0. The lowest BCUT2D eigenvalue weighted by Crippen LogP contribution is -2.44. The van der Waals surface area contributed by atoms with Crippen molar-refractivity contribution < 1.29 is 9.84 Å². The van der Waals surface area contributed by atoms with Crippen molar-refractivity contribution in [1.82, 2.24) is 10.2 Å². The molecule has 0 aromatic heterocycles. The number of aryl methyl sites for hydroxylation is 1. The molecule has 0 radical (unpaired) electrons. The van der Waals surface area contributed by atoms with E-state index in [2.05, 4.69) is 17.1 Å². The van der Waals surface area contributed by atoms with E-state index in [0.717, 1.165) is 44.7 Å². The summed E-state index contributed by atoms with van der Waals surface area (Å²) in [6.45, 7) is 7.41. The maximum atomic E-state index is 9.80. The van der Waals surface area contributed by atoms with Crippen molar-refractivity contribution in [3.05, 3.63) is 23.3 Å². The summed E-state index contributed by atoms with van der Waals surface area (Å²) in [5.41, 5.74) is 2.30. The van der Waals surface area contributed by atoms with E-state index >= 15 is 0 Å². The van der Waals surface area contributed by atoms with Gasteiger partial charge in [-0.1, -0.05) is 6.07 Å². The number of hydrogen-bond acceptors (Lipinski definition) is 4. The number of benzene rings is 1. The van der Waals surface area contributed by atoms with Crippen LogP contribution in [-0.2, 0) is 6.42 Å². The number of nitrogens with one attached hydrogen (secondary N) is 1. The smallest absolute Gasteiger partial charge is 0.163 e. The summed E-state index contributed by atoms with van der Waals surface area (Å²) in [5, 5.41) is 13.2. The first-order valence-corrected chi connectivity index (χ1v) is 6.51. The highest BCUT2D eigenvalue weighted by molar-refractivity contribution is 5.49. The van der Waals surface area contributed by atoms with Gasteiger partial charge in [0, 0.05) is 38.3 Å². The molecule has 0 aliphatic carbocycles. The van der Waals surface area contributed by atoms with Gasteiger partial charge in [0.05, 0.1) is 7.11 Å². The van der Waals surface area contributed by atoms with Crippen LogP contribution in [-0.4, -0.2) is 49.8 Å². The molecular weight excluding hydrogens is 228 g/mol. The van der Waals surface area contributed by atoms with E-state index in [1.165, 1.54) is 5.56 Å². The predicted molar refractivity (Wildman–Crippen MR) is 72.4 cm³/mol. The Labute approximate surface area is 109 Å². The second-order valence-corrected chi connectivity index (χ2v) is 4.76. The number of hydrogen-bond donors (Lipinski definition) is 2. The Morgan fingerprint density at radius 1 is 1.33 bits per heavy atom. The molecule has 18 heavy (non-hydrogen) atoms. The zero-order valence-corrected chi connectivity index (χ0v) is 11.2. The summed E-state index contributed by atoms with van der Waals surface area (Å²) in [7, 11) is 1.61. The lowest BCUT2D eigenvalue weighted by molar-refractivity contribution is 0.242. The molecule has 0 amide bonds. The van der Waals surface area contributed by atoms with E-state index in [4.69, 9.17) is 4.74 Å². The molecule has 1 aliphatic heterocycles. The van der Waals surface area contributed by atoms with Crippen LogP contribution in [0, 0.1) is 6.92 Å². The van der Waals surface area contributed by atoms with Crippen LogP contribution in [0.5, 0.6) is 11.5 Å². The Hall–Kier alpha value is -1.26. The van der Waals surface area contributed by atoms with Gasteiger partial charge in [0.15, 0.2) is 11.5 Å². The van der Waals surface area contributed by atoms with Gasteiger partial charge in [-0.3, -0.25) is 0 Å². The second kappa shape index (κ2) is 6.07. The largest absolute Gasteiger partial charge is 0.504 e. The van der Waals surface area contributed by atoms with Crippen molar-refractivity contribution in [1.29, 1.82) is 0 Å². The van der Waals surface area contributed by atoms with Crippen LogP contribution >= 0.6 is 0 Å². The minimum absolute atomic E-state index is 0.235. The fraction of sp³-hybridized carbons (Fsp3) is 0.571. The Morgan fingerprint density at radius 2 is 2.06 bits per heavy atom. The quantitative estimate of drug-likeness (QED) is 0.841. The SMILES string of the molecule is COc1c(O)ccc(C)c1CCN1CCNCC1. The van der Waals surface area contributed by atoms with E-state index in [1.54, 1.807) is 13.2 Å². The first kappa shape index (κ1) is 13.2. The number of phenols is 1. The molecule has 1 heterocycles. The van der Waals surface area contributed by atoms with Crippen molar-refractivity contribution in [3.63, 3.8) is 0 Å². The summed E-state index contributed by atoms with van der Waals surface area (Å²) < 4.78 is 5.32. The molecule has 0 bridgehead atoms. The third kappa shape index (κ3) is 2.94. The summed E-state index contributed by atoms with van der Waals surface area (Å²) in [6.07, 6.45) is 0.920. The van der Waals surface area contributed by atoms with Crippen LogP contribution in [0.3, 0.4) is 0 Å². The van der Waals surface area contributed by atoms with Gasteiger partial charge < -0.3 is 20.1 Å². The zero-order chi connectivity index (χ0) is 13.0. The third-order valence-electron chi connectivity index (χ3n) is 3.57. The number of nitrogens with zero attached hydrogens (tertiary/aromatic N) is 1. The summed E-state index contributed by atoms with van der Waals surface area (Å²) in [6, 6.07) is 3.65. The molecular formula is C14H22N2O2. The monoisotopic (exact) mass is 250 g/mol. The molecule has 2 N–H and O–H groups in total. The van der Waals surface area contributed by atoms with Crippen LogP contribution in [0.2, 0.25) is 0 Å². The molecule has 1 aromatic rings. The van der Waals surface area contributed by atoms with Crippen LogP contribution in [0.1, 0.15) is 11.1 Å². The van der Waals surface area contributed by atoms with E-state index in [-0.39, 0.29) is 5.75 Å².